The number of urea groups is 1. The van der Waals surface area contributed by atoms with Gasteiger partial charge in [-0.2, -0.15) is 0 Å². The molecule has 138 valence electrons. The van der Waals surface area contributed by atoms with E-state index in [1.165, 1.54) is 6.08 Å². The van der Waals surface area contributed by atoms with Gasteiger partial charge in [-0.1, -0.05) is 45.7 Å². The van der Waals surface area contributed by atoms with Gasteiger partial charge in [0.05, 0.1) is 0 Å². The number of carbonyl (C=O) groups excluding carboxylic acids is 2. The highest BCUT2D eigenvalue weighted by atomic mass is 79.9. The van der Waals surface area contributed by atoms with Gasteiger partial charge < -0.3 is 10.1 Å². The minimum absolute atomic E-state index is 0.153. The standard InChI is InChI=1S/C20H16BrClN2O3/c1-2-9-24-19(25)17(23-20(24)26)11-14-10-15(21)5-8-18(14)27-12-13-3-6-16(22)7-4-13/h2-8,10-11H,1,9,12H2,(H,23,26)/b17-11+. The third kappa shape index (κ3) is 4.59. The van der Waals surface area contributed by atoms with Crippen molar-refractivity contribution >= 4 is 45.5 Å². The van der Waals surface area contributed by atoms with Crippen LogP contribution in [0, 0.1) is 0 Å². The van der Waals surface area contributed by atoms with Crippen LogP contribution in [-0.2, 0) is 11.4 Å². The predicted octanol–water partition coefficient (Wildman–Crippen LogP) is 4.76. The number of hydrogen-bond donors (Lipinski definition) is 1. The predicted molar refractivity (Wildman–Crippen MR) is 108 cm³/mol. The molecule has 0 aliphatic carbocycles. The maximum atomic E-state index is 12.4. The molecule has 3 amide bonds. The van der Waals surface area contributed by atoms with Crippen LogP contribution in [0.4, 0.5) is 4.79 Å². The molecule has 5 nitrogen and oxygen atoms in total. The van der Waals surface area contributed by atoms with Gasteiger partial charge in [0.15, 0.2) is 0 Å². The summed E-state index contributed by atoms with van der Waals surface area (Å²) in [7, 11) is 0. The Morgan fingerprint density at radius 1 is 1.19 bits per heavy atom. The topological polar surface area (TPSA) is 58.6 Å². The molecule has 27 heavy (non-hydrogen) atoms. The first-order chi connectivity index (χ1) is 13.0. The number of benzene rings is 2. The maximum Gasteiger partial charge on any atom is 0.329 e. The Labute approximate surface area is 170 Å². The quantitative estimate of drug-likeness (QED) is 0.394. The molecule has 0 bridgehead atoms. The lowest BCUT2D eigenvalue weighted by Crippen LogP contribution is -2.30. The van der Waals surface area contributed by atoms with Crippen molar-refractivity contribution in [2.45, 2.75) is 6.61 Å². The van der Waals surface area contributed by atoms with Crippen molar-refractivity contribution in [1.82, 2.24) is 10.2 Å². The SMILES string of the molecule is C=CCN1C(=O)N/C(=C/c2cc(Br)ccc2OCc2ccc(Cl)cc2)C1=O. The fourth-order valence-corrected chi connectivity index (χ4v) is 3.03. The monoisotopic (exact) mass is 446 g/mol. The van der Waals surface area contributed by atoms with E-state index in [1.54, 1.807) is 24.3 Å². The number of rotatable bonds is 6. The highest BCUT2D eigenvalue weighted by molar-refractivity contribution is 9.10. The molecule has 1 aliphatic heterocycles. The molecule has 0 radical (unpaired) electrons. The van der Waals surface area contributed by atoms with Crippen LogP contribution in [0.15, 0.2) is 65.3 Å². The first-order valence-corrected chi connectivity index (χ1v) is 9.27. The van der Waals surface area contributed by atoms with Crippen LogP contribution >= 0.6 is 27.5 Å². The minimum atomic E-state index is -0.468. The molecule has 1 N–H and O–H groups in total. The van der Waals surface area contributed by atoms with Crippen molar-refractivity contribution in [2.24, 2.45) is 0 Å². The molecule has 2 aromatic rings. The number of ether oxygens (including phenoxy) is 1. The lowest BCUT2D eigenvalue weighted by atomic mass is 10.1. The summed E-state index contributed by atoms with van der Waals surface area (Å²) in [5.41, 5.74) is 1.82. The number of amides is 3. The molecule has 1 aliphatic rings. The molecule has 0 aromatic heterocycles. The van der Waals surface area contributed by atoms with Crippen LogP contribution in [-0.4, -0.2) is 23.4 Å². The van der Waals surface area contributed by atoms with Gasteiger partial charge in [-0.15, -0.1) is 6.58 Å². The molecule has 1 saturated heterocycles. The Bertz CT molecular complexity index is 925. The number of nitrogens with zero attached hydrogens (tertiary/aromatic N) is 1. The Balaban J connectivity index is 1.84. The van der Waals surface area contributed by atoms with E-state index in [2.05, 4.69) is 27.8 Å². The molecule has 1 fully saturated rings. The number of hydrogen-bond acceptors (Lipinski definition) is 3. The van der Waals surface area contributed by atoms with E-state index in [4.69, 9.17) is 16.3 Å². The first kappa shape index (κ1) is 19.2. The summed E-state index contributed by atoms with van der Waals surface area (Å²) in [5.74, 6) is 0.188. The van der Waals surface area contributed by atoms with Gasteiger partial charge in [0.25, 0.3) is 5.91 Å². The molecule has 0 atom stereocenters. The van der Waals surface area contributed by atoms with Gasteiger partial charge in [0.1, 0.15) is 18.1 Å². The maximum absolute atomic E-state index is 12.4. The van der Waals surface area contributed by atoms with E-state index in [0.717, 1.165) is 14.9 Å². The average molecular weight is 448 g/mol. The van der Waals surface area contributed by atoms with Crippen LogP contribution in [0.2, 0.25) is 5.02 Å². The number of carbonyl (C=O) groups is 2. The van der Waals surface area contributed by atoms with E-state index in [1.807, 2.05) is 24.3 Å². The average Bonchev–Trinajstić information content (AvgIpc) is 2.90. The van der Waals surface area contributed by atoms with Crippen molar-refractivity contribution < 1.29 is 14.3 Å². The number of imide groups is 1. The molecular weight excluding hydrogens is 432 g/mol. The largest absolute Gasteiger partial charge is 0.488 e. The second kappa shape index (κ2) is 8.41. The normalized spacial score (nSPS) is 15.2. The summed E-state index contributed by atoms with van der Waals surface area (Å²) in [6.07, 6.45) is 3.10. The number of nitrogens with one attached hydrogen (secondary N) is 1. The minimum Gasteiger partial charge on any atom is -0.488 e. The lowest BCUT2D eigenvalue weighted by Gasteiger charge is -2.11. The third-order valence-electron chi connectivity index (χ3n) is 3.85. The van der Waals surface area contributed by atoms with Crippen molar-refractivity contribution in [2.75, 3.05) is 6.54 Å². The van der Waals surface area contributed by atoms with Gasteiger partial charge in [-0.05, 0) is 42.0 Å². The van der Waals surface area contributed by atoms with Crippen LogP contribution in [0.25, 0.3) is 6.08 Å². The lowest BCUT2D eigenvalue weighted by molar-refractivity contribution is -0.122. The summed E-state index contributed by atoms with van der Waals surface area (Å²) in [6, 6.07) is 12.4. The second-order valence-electron chi connectivity index (χ2n) is 5.79. The van der Waals surface area contributed by atoms with E-state index in [9.17, 15) is 9.59 Å². The van der Waals surface area contributed by atoms with Gasteiger partial charge >= 0.3 is 6.03 Å². The van der Waals surface area contributed by atoms with E-state index in [-0.39, 0.29) is 12.2 Å². The van der Waals surface area contributed by atoms with Gasteiger partial charge in [0, 0.05) is 21.6 Å². The van der Waals surface area contributed by atoms with Crippen molar-refractivity contribution in [3.8, 4) is 5.75 Å². The van der Waals surface area contributed by atoms with Crippen LogP contribution < -0.4 is 10.1 Å². The Morgan fingerprint density at radius 3 is 2.63 bits per heavy atom. The van der Waals surface area contributed by atoms with E-state index >= 15 is 0 Å². The third-order valence-corrected chi connectivity index (χ3v) is 4.60. The zero-order chi connectivity index (χ0) is 19.4. The highest BCUT2D eigenvalue weighted by Gasteiger charge is 2.32. The van der Waals surface area contributed by atoms with Gasteiger partial charge in [-0.3, -0.25) is 9.69 Å². The molecule has 0 unspecified atom stereocenters. The van der Waals surface area contributed by atoms with Crippen LogP contribution in [0.3, 0.4) is 0 Å². The molecule has 0 saturated carbocycles. The molecule has 3 rings (SSSR count). The van der Waals surface area contributed by atoms with Crippen LogP contribution in [0.5, 0.6) is 5.75 Å². The molecular formula is C20H16BrClN2O3. The summed E-state index contributed by atoms with van der Waals surface area (Å²) in [5, 5.41) is 3.24. The fourth-order valence-electron chi connectivity index (χ4n) is 2.53. The fraction of sp³-hybridized carbons (Fsp3) is 0.100. The van der Waals surface area contributed by atoms with Gasteiger partial charge in [0.2, 0.25) is 0 Å². The zero-order valence-corrected chi connectivity index (χ0v) is 16.6. The molecule has 0 spiro atoms. The molecule has 2 aromatic carbocycles. The number of halogens is 2. The Morgan fingerprint density at radius 2 is 1.93 bits per heavy atom. The Hall–Kier alpha value is -2.57. The zero-order valence-electron chi connectivity index (χ0n) is 14.2. The molecule has 1 heterocycles. The summed E-state index contributed by atoms with van der Waals surface area (Å²) in [4.78, 5) is 25.4. The van der Waals surface area contributed by atoms with Crippen molar-refractivity contribution in [1.29, 1.82) is 0 Å². The summed E-state index contributed by atoms with van der Waals surface area (Å²) >= 11 is 9.31. The Kier molecular flexibility index (Phi) is 5.98. The van der Waals surface area contributed by atoms with Crippen molar-refractivity contribution in [3.05, 3.63) is 81.4 Å². The summed E-state index contributed by atoms with van der Waals surface area (Å²) < 4.78 is 6.73. The van der Waals surface area contributed by atoms with E-state index < -0.39 is 11.9 Å². The van der Waals surface area contributed by atoms with E-state index in [0.29, 0.717) is 22.9 Å². The molecule has 7 heteroatoms. The van der Waals surface area contributed by atoms with Crippen molar-refractivity contribution in [3.63, 3.8) is 0 Å². The first-order valence-electron chi connectivity index (χ1n) is 8.10. The smallest absolute Gasteiger partial charge is 0.329 e. The summed E-state index contributed by atoms with van der Waals surface area (Å²) in [6.45, 7) is 4.06. The van der Waals surface area contributed by atoms with Crippen LogP contribution in [0.1, 0.15) is 11.1 Å². The second-order valence-corrected chi connectivity index (χ2v) is 7.14. The van der Waals surface area contributed by atoms with Gasteiger partial charge in [-0.25, -0.2) is 4.79 Å². The highest BCUT2D eigenvalue weighted by Crippen LogP contribution is 2.27.